The van der Waals surface area contributed by atoms with Crippen molar-refractivity contribution in [2.24, 2.45) is 21.0 Å². The maximum absolute atomic E-state index is 12.9. The Kier molecular flexibility index (Phi) is 4.50. The number of nitrogens with two attached hydrogens (primary N) is 1. The molecular formula is C14H11F6N5. The fraction of sp³-hybridized carbons (Fsp3) is 0.429. The molecule has 11 heteroatoms. The van der Waals surface area contributed by atoms with E-state index < -0.39 is 47.3 Å². The van der Waals surface area contributed by atoms with Crippen molar-refractivity contribution >= 4 is 11.5 Å². The van der Waals surface area contributed by atoms with Crippen molar-refractivity contribution in [2.45, 2.75) is 37.3 Å². The van der Waals surface area contributed by atoms with Crippen LogP contribution < -0.4 is 5.73 Å². The van der Waals surface area contributed by atoms with Crippen LogP contribution in [-0.2, 0) is 6.18 Å². The SMILES string of the molecule is CC1(C(N)=Nc2ccc(C#N)c(C(F)(F)F)c2)CC(C(F)(F)F)N=N1. The Morgan fingerprint density at radius 1 is 1.32 bits per heavy atom. The Bertz CT molecular complexity index is 773. The molecule has 0 saturated carbocycles. The van der Waals surface area contributed by atoms with Crippen LogP contribution in [-0.4, -0.2) is 23.6 Å². The molecule has 1 aromatic carbocycles. The number of alkyl halides is 6. The number of hydrogen-bond acceptors (Lipinski definition) is 4. The van der Waals surface area contributed by atoms with Crippen LogP contribution in [0.2, 0.25) is 0 Å². The third-order valence-electron chi connectivity index (χ3n) is 3.62. The van der Waals surface area contributed by atoms with Crippen LogP contribution in [0.5, 0.6) is 0 Å². The molecule has 0 saturated heterocycles. The van der Waals surface area contributed by atoms with E-state index in [-0.39, 0.29) is 5.69 Å². The van der Waals surface area contributed by atoms with E-state index >= 15 is 0 Å². The van der Waals surface area contributed by atoms with Gasteiger partial charge in [-0.2, -0.15) is 41.8 Å². The van der Waals surface area contributed by atoms with Crippen molar-refractivity contribution in [2.75, 3.05) is 0 Å². The number of benzene rings is 1. The lowest BCUT2D eigenvalue weighted by atomic mass is 9.94. The first-order chi connectivity index (χ1) is 11.4. The van der Waals surface area contributed by atoms with Gasteiger partial charge in [0.05, 0.1) is 22.9 Å². The highest BCUT2D eigenvalue weighted by atomic mass is 19.4. The minimum absolute atomic E-state index is 0.254. The van der Waals surface area contributed by atoms with Crippen LogP contribution >= 0.6 is 0 Å². The number of halogens is 6. The molecule has 25 heavy (non-hydrogen) atoms. The van der Waals surface area contributed by atoms with Gasteiger partial charge < -0.3 is 5.73 Å². The summed E-state index contributed by atoms with van der Waals surface area (Å²) >= 11 is 0. The van der Waals surface area contributed by atoms with Gasteiger partial charge in [-0.05, 0) is 25.1 Å². The van der Waals surface area contributed by atoms with Gasteiger partial charge in [0, 0.05) is 6.42 Å². The molecule has 1 aliphatic rings. The Balaban J connectivity index is 2.35. The summed E-state index contributed by atoms with van der Waals surface area (Å²) in [4.78, 5) is 3.74. The van der Waals surface area contributed by atoms with Crippen LogP contribution in [0.1, 0.15) is 24.5 Å². The smallest absolute Gasteiger partial charge is 0.385 e. The van der Waals surface area contributed by atoms with Crippen LogP contribution in [0.15, 0.2) is 33.4 Å². The van der Waals surface area contributed by atoms with Crippen LogP contribution in [0.4, 0.5) is 32.0 Å². The van der Waals surface area contributed by atoms with Gasteiger partial charge in [0.1, 0.15) is 11.4 Å². The zero-order valence-corrected chi connectivity index (χ0v) is 12.7. The number of amidine groups is 1. The minimum atomic E-state index is -4.79. The maximum Gasteiger partial charge on any atom is 0.417 e. The summed E-state index contributed by atoms with van der Waals surface area (Å²) in [5.74, 6) is -0.402. The molecule has 0 spiro atoms. The molecule has 2 unspecified atom stereocenters. The number of aliphatic imine (C=N–C) groups is 1. The van der Waals surface area contributed by atoms with Gasteiger partial charge in [-0.1, -0.05) is 0 Å². The minimum Gasteiger partial charge on any atom is -0.385 e. The van der Waals surface area contributed by atoms with E-state index in [9.17, 15) is 26.3 Å². The summed E-state index contributed by atoms with van der Waals surface area (Å²) in [6.07, 6.45) is -9.97. The second kappa shape index (κ2) is 6.02. The summed E-state index contributed by atoms with van der Waals surface area (Å²) in [5.41, 5.74) is 2.02. The van der Waals surface area contributed by atoms with Gasteiger partial charge in [-0.3, -0.25) is 0 Å². The van der Waals surface area contributed by atoms with Crippen LogP contribution in [0.3, 0.4) is 0 Å². The predicted molar refractivity (Wildman–Crippen MR) is 75.2 cm³/mol. The molecule has 2 atom stereocenters. The summed E-state index contributed by atoms with van der Waals surface area (Å²) in [6.45, 7) is 1.26. The van der Waals surface area contributed by atoms with Gasteiger partial charge in [0.2, 0.25) is 0 Å². The van der Waals surface area contributed by atoms with E-state index in [2.05, 4.69) is 15.2 Å². The van der Waals surface area contributed by atoms with Crippen molar-refractivity contribution in [3.05, 3.63) is 29.3 Å². The van der Waals surface area contributed by atoms with Crippen molar-refractivity contribution in [1.29, 1.82) is 5.26 Å². The predicted octanol–water partition coefficient (Wildman–Crippen LogP) is 4.11. The summed E-state index contributed by atoms with van der Waals surface area (Å²) in [5, 5.41) is 15.3. The standard InChI is InChI=1S/C14H11F6N5/c1-12(5-10(24-25-12)14(18,19)20)11(22)23-8-3-2-7(6-21)9(4-8)13(15,16)17/h2-4,10H,5H2,1H3,(H2,22,23). The van der Waals surface area contributed by atoms with E-state index in [4.69, 9.17) is 11.0 Å². The maximum atomic E-state index is 12.9. The molecule has 0 radical (unpaired) electrons. The number of nitrogens with zero attached hydrogens (tertiary/aromatic N) is 4. The van der Waals surface area contributed by atoms with Crippen molar-refractivity contribution in [3.63, 3.8) is 0 Å². The first kappa shape index (κ1) is 18.7. The third-order valence-corrected chi connectivity index (χ3v) is 3.62. The highest BCUT2D eigenvalue weighted by molar-refractivity contribution is 5.92. The van der Waals surface area contributed by atoms with E-state index in [0.717, 1.165) is 12.1 Å². The summed E-state index contributed by atoms with van der Waals surface area (Å²) < 4.78 is 76.8. The van der Waals surface area contributed by atoms with E-state index in [1.807, 2.05) is 0 Å². The van der Waals surface area contributed by atoms with Gasteiger partial charge in [0.15, 0.2) is 6.04 Å². The van der Waals surface area contributed by atoms with Crippen molar-refractivity contribution in [3.8, 4) is 6.07 Å². The quantitative estimate of drug-likeness (QED) is 0.487. The van der Waals surface area contributed by atoms with Crippen LogP contribution in [0.25, 0.3) is 0 Å². The molecule has 1 heterocycles. The normalized spacial score (nSPS) is 24.4. The molecule has 0 bridgehead atoms. The molecule has 0 amide bonds. The highest BCUT2D eigenvalue weighted by Gasteiger charge is 2.50. The second-order valence-electron chi connectivity index (χ2n) is 5.59. The Labute approximate surface area is 137 Å². The molecule has 5 nitrogen and oxygen atoms in total. The second-order valence-corrected chi connectivity index (χ2v) is 5.59. The number of nitriles is 1. The Hall–Kier alpha value is -2.64. The van der Waals surface area contributed by atoms with Gasteiger partial charge >= 0.3 is 12.4 Å². The number of azo groups is 1. The molecular weight excluding hydrogens is 352 g/mol. The zero-order chi connectivity index (χ0) is 19.0. The van der Waals surface area contributed by atoms with Gasteiger partial charge in [-0.25, -0.2) is 4.99 Å². The largest absolute Gasteiger partial charge is 0.417 e. The van der Waals surface area contributed by atoms with E-state index in [1.165, 1.54) is 13.0 Å². The lowest BCUT2D eigenvalue weighted by Gasteiger charge is -2.20. The van der Waals surface area contributed by atoms with E-state index in [1.54, 1.807) is 0 Å². The molecule has 1 aliphatic heterocycles. The topological polar surface area (TPSA) is 86.9 Å². The Morgan fingerprint density at radius 3 is 2.44 bits per heavy atom. The van der Waals surface area contributed by atoms with Crippen molar-refractivity contribution in [1.82, 2.24) is 0 Å². The molecule has 0 fully saturated rings. The van der Waals surface area contributed by atoms with Gasteiger partial charge in [0.25, 0.3) is 0 Å². The lowest BCUT2D eigenvalue weighted by Crippen LogP contribution is -2.41. The molecule has 0 aromatic heterocycles. The van der Waals surface area contributed by atoms with Gasteiger partial charge in [-0.15, -0.1) is 0 Å². The number of hydrogen-bond donors (Lipinski definition) is 1. The first-order valence-electron chi connectivity index (χ1n) is 6.81. The summed E-state index contributed by atoms with van der Waals surface area (Å²) in [7, 11) is 0. The molecule has 2 N–H and O–H groups in total. The lowest BCUT2D eigenvalue weighted by molar-refractivity contribution is -0.147. The number of rotatable bonds is 2. The van der Waals surface area contributed by atoms with E-state index in [0.29, 0.717) is 6.07 Å². The molecule has 2 rings (SSSR count). The summed E-state index contributed by atoms with van der Waals surface area (Å²) in [6, 6.07) is 1.98. The zero-order valence-electron chi connectivity index (χ0n) is 12.7. The fourth-order valence-electron chi connectivity index (χ4n) is 2.19. The van der Waals surface area contributed by atoms with Crippen molar-refractivity contribution < 1.29 is 26.3 Å². The van der Waals surface area contributed by atoms with Crippen LogP contribution in [0, 0.1) is 11.3 Å². The fourth-order valence-corrected chi connectivity index (χ4v) is 2.19. The molecule has 1 aromatic rings. The third kappa shape index (κ3) is 3.89. The average molecular weight is 363 g/mol. The average Bonchev–Trinajstić information content (AvgIpc) is 2.90. The first-order valence-corrected chi connectivity index (χ1v) is 6.81. The monoisotopic (exact) mass is 363 g/mol. The molecule has 134 valence electrons. The highest BCUT2D eigenvalue weighted by Crippen LogP contribution is 2.38. The Morgan fingerprint density at radius 2 is 1.96 bits per heavy atom. The molecule has 0 aliphatic carbocycles.